The molecule has 21 heavy (non-hydrogen) atoms. The van der Waals surface area contributed by atoms with Crippen LogP contribution in [0.1, 0.15) is 34.6 Å². The molecule has 1 aliphatic rings. The van der Waals surface area contributed by atoms with Gasteiger partial charge in [-0.2, -0.15) is 0 Å². The summed E-state index contributed by atoms with van der Waals surface area (Å²) in [5.41, 5.74) is 0. The first-order valence-electron chi connectivity index (χ1n) is 7.96. The molecule has 5 atom stereocenters. The van der Waals surface area contributed by atoms with Crippen molar-refractivity contribution >= 4 is 0 Å². The molecule has 6 nitrogen and oxygen atoms in total. The maximum Gasteiger partial charge on any atom is 0.189 e. The van der Waals surface area contributed by atoms with E-state index in [-0.39, 0.29) is 18.3 Å². The molecule has 126 valence electrons. The predicted octanol–water partition coefficient (Wildman–Crippen LogP) is 1.96. The fraction of sp³-hybridized carbons (Fsp3) is 1.00. The van der Waals surface area contributed by atoms with Crippen LogP contribution in [0.25, 0.3) is 0 Å². The highest BCUT2D eigenvalue weighted by atomic mass is 16.8. The molecule has 1 unspecified atom stereocenters. The Labute approximate surface area is 128 Å². The zero-order valence-corrected chi connectivity index (χ0v) is 13.9. The van der Waals surface area contributed by atoms with Gasteiger partial charge in [0.2, 0.25) is 0 Å². The topological polar surface area (TPSA) is 55.4 Å². The van der Waals surface area contributed by atoms with E-state index in [1.54, 1.807) is 0 Å². The quantitative estimate of drug-likeness (QED) is 0.615. The van der Waals surface area contributed by atoms with Crippen LogP contribution < -0.4 is 0 Å². The van der Waals surface area contributed by atoms with Gasteiger partial charge in [-0.05, 0) is 34.6 Å². The lowest BCUT2D eigenvalue weighted by atomic mass is 10.0. The average Bonchev–Trinajstić information content (AvgIpc) is 2.47. The van der Waals surface area contributed by atoms with Crippen LogP contribution in [0.3, 0.4) is 0 Å². The van der Waals surface area contributed by atoms with Crippen LogP contribution in [0, 0.1) is 0 Å². The van der Waals surface area contributed by atoms with Crippen LogP contribution >= 0.6 is 0 Å². The van der Waals surface area contributed by atoms with Gasteiger partial charge in [-0.15, -0.1) is 0 Å². The molecule has 1 saturated heterocycles. The number of ether oxygens (including phenoxy) is 6. The molecule has 0 N–H and O–H groups in total. The average molecular weight is 306 g/mol. The van der Waals surface area contributed by atoms with Crippen molar-refractivity contribution in [2.45, 2.75) is 65.5 Å². The second-order valence-corrected chi connectivity index (χ2v) is 4.54. The third-order valence-corrected chi connectivity index (χ3v) is 3.19. The van der Waals surface area contributed by atoms with Gasteiger partial charge in [0, 0.05) is 33.0 Å². The summed E-state index contributed by atoms with van der Waals surface area (Å²) in [4.78, 5) is 0. The zero-order valence-electron chi connectivity index (χ0n) is 13.9. The molecule has 1 fully saturated rings. The van der Waals surface area contributed by atoms with E-state index < -0.39 is 12.6 Å². The molecule has 0 radical (unpaired) electrons. The molecule has 0 bridgehead atoms. The summed E-state index contributed by atoms with van der Waals surface area (Å²) < 4.78 is 34.7. The summed E-state index contributed by atoms with van der Waals surface area (Å²) in [6.45, 7) is 12.4. The van der Waals surface area contributed by atoms with Crippen LogP contribution in [0.4, 0.5) is 0 Å². The molecule has 0 amide bonds. The minimum Gasteiger partial charge on any atom is -0.373 e. The van der Waals surface area contributed by atoms with Crippen molar-refractivity contribution in [3.8, 4) is 0 Å². The summed E-state index contributed by atoms with van der Waals surface area (Å²) in [5, 5.41) is 0. The number of hydrogen-bond donors (Lipinski definition) is 0. The van der Waals surface area contributed by atoms with Crippen molar-refractivity contribution in [1.29, 1.82) is 0 Å². The third-order valence-electron chi connectivity index (χ3n) is 3.19. The van der Waals surface area contributed by atoms with Gasteiger partial charge in [-0.3, -0.25) is 0 Å². The first kappa shape index (κ1) is 18.8. The fourth-order valence-electron chi connectivity index (χ4n) is 2.49. The monoisotopic (exact) mass is 306 g/mol. The van der Waals surface area contributed by atoms with Crippen molar-refractivity contribution in [3.05, 3.63) is 0 Å². The Hall–Kier alpha value is -0.240. The minimum absolute atomic E-state index is 0.281. The van der Waals surface area contributed by atoms with Gasteiger partial charge in [0.05, 0.1) is 0 Å². The Balaban J connectivity index is 2.95. The lowest BCUT2D eigenvalue weighted by molar-refractivity contribution is -0.363. The summed E-state index contributed by atoms with van der Waals surface area (Å²) in [6, 6.07) is 0. The highest BCUT2D eigenvalue weighted by Crippen LogP contribution is 2.29. The largest absolute Gasteiger partial charge is 0.373 e. The lowest BCUT2D eigenvalue weighted by Crippen LogP contribution is -2.61. The fourth-order valence-corrected chi connectivity index (χ4v) is 2.49. The van der Waals surface area contributed by atoms with Crippen LogP contribution in [0.2, 0.25) is 0 Å². The second kappa shape index (κ2) is 10.5. The van der Waals surface area contributed by atoms with E-state index in [0.29, 0.717) is 33.0 Å². The van der Waals surface area contributed by atoms with Gasteiger partial charge >= 0.3 is 0 Å². The van der Waals surface area contributed by atoms with Gasteiger partial charge in [-0.25, -0.2) is 0 Å². The molecule has 6 heteroatoms. The Kier molecular flexibility index (Phi) is 9.39. The van der Waals surface area contributed by atoms with E-state index in [1.807, 2.05) is 34.6 Å². The SMILES string of the molecule is CCOC1O[C@H](OCC)[C@@H](OCC)[C@H](OCC)[C@H]1OCC. The van der Waals surface area contributed by atoms with Crippen LogP contribution in [-0.2, 0) is 28.4 Å². The maximum absolute atomic E-state index is 5.90. The molecule has 1 aliphatic heterocycles. The van der Waals surface area contributed by atoms with Crippen molar-refractivity contribution in [1.82, 2.24) is 0 Å². The van der Waals surface area contributed by atoms with Crippen molar-refractivity contribution in [3.63, 3.8) is 0 Å². The summed E-state index contributed by atoms with van der Waals surface area (Å²) >= 11 is 0. The molecule has 0 aliphatic carbocycles. The van der Waals surface area contributed by atoms with Gasteiger partial charge < -0.3 is 28.4 Å². The molecule has 0 aromatic rings. The molecule has 0 saturated carbocycles. The van der Waals surface area contributed by atoms with E-state index in [1.165, 1.54) is 0 Å². The molecular weight excluding hydrogens is 276 g/mol. The lowest BCUT2D eigenvalue weighted by Gasteiger charge is -2.45. The van der Waals surface area contributed by atoms with Crippen molar-refractivity contribution in [2.24, 2.45) is 0 Å². The van der Waals surface area contributed by atoms with E-state index >= 15 is 0 Å². The second-order valence-electron chi connectivity index (χ2n) is 4.54. The van der Waals surface area contributed by atoms with Crippen LogP contribution in [0.5, 0.6) is 0 Å². The molecule has 1 heterocycles. The van der Waals surface area contributed by atoms with Gasteiger partial charge in [-0.1, -0.05) is 0 Å². The third kappa shape index (κ3) is 5.16. The molecular formula is C15H30O6. The minimum atomic E-state index is -0.514. The first-order valence-corrected chi connectivity index (χ1v) is 7.96. The zero-order chi connectivity index (χ0) is 15.7. The van der Waals surface area contributed by atoms with E-state index in [9.17, 15) is 0 Å². The van der Waals surface area contributed by atoms with Crippen LogP contribution in [0.15, 0.2) is 0 Å². The molecule has 0 aromatic heterocycles. The van der Waals surface area contributed by atoms with E-state index in [4.69, 9.17) is 28.4 Å². The number of rotatable bonds is 10. The Morgan fingerprint density at radius 2 is 0.857 bits per heavy atom. The maximum atomic E-state index is 5.90. The van der Waals surface area contributed by atoms with Gasteiger partial charge in [0.15, 0.2) is 12.6 Å². The van der Waals surface area contributed by atoms with Gasteiger partial charge in [0.1, 0.15) is 18.3 Å². The standard InChI is InChI=1S/C15H30O6/c1-6-16-11-12(17-7-2)14(19-9-4)21-15(20-10-5)13(11)18-8-3/h11-15H,6-10H2,1-5H3/t11-,12-,13+,14-,15?/m0/s1. The van der Waals surface area contributed by atoms with Crippen molar-refractivity contribution in [2.75, 3.05) is 33.0 Å². The summed E-state index contributed by atoms with van der Waals surface area (Å²) in [6.07, 6.45) is -1.97. The smallest absolute Gasteiger partial charge is 0.189 e. The van der Waals surface area contributed by atoms with E-state index in [2.05, 4.69) is 0 Å². The molecule has 0 aromatic carbocycles. The normalized spacial score (nSPS) is 33.3. The van der Waals surface area contributed by atoms with Gasteiger partial charge in [0.25, 0.3) is 0 Å². The molecule has 1 rings (SSSR count). The number of hydrogen-bond acceptors (Lipinski definition) is 6. The highest BCUT2D eigenvalue weighted by molar-refractivity contribution is 4.89. The predicted molar refractivity (Wildman–Crippen MR) is 78.2 cm³/mol. The van der Waals surface area contributed by atoms with E-state index in [0.717, 1.165) is 0 Å². The summed E-state index contributed by atoms with van der Waals surface area (Å²) in [5.74, 6) is 0. The van der Waals surface area contributed by atoms with Crippen LogP contribution in [-0.4, -0.2) is 63.9 Å². The Bertz CT molecular complexity index is 241. The summed E-state index contributed by atoms with van der Waals surface area (Å²) in [7, 11) is 0. The first-order chi connectivity index (χ1) is 10.2. The molecule has 0 spiro atoms. The van der Waals surface area contributed by atoms with Crippen molar-refractivity contribution < 1.29 is 28.4 Å². The Morgan fingerprint density at radius 3 is 1.19 bits per heavy atom. The Morgan fingerprint density at radius 1 is 0.524 bits per heavy atom. The highest BCUT2D eigenvalue weighted by Gasteiger charge is 2.48.